The number of halogens is 2. The van der Waals surface area contributed by atoms with Gasteiger partial charge in [0, 0.05) is 30.8 Å². The summed E-state index contributed by atoms with van der Waals surface area (Å²) in [7, 11) is 0. The maximum atomic E-state index is 12.3. The third-order valence-electron chi connectivity index (χ3n) is 3.96. The van der Waals surface area contributed by atoms with Crippen LogP contribution in [0.1, 0.15) is 25.7 Å². The van der Waals surface area contributed by atoms with Crippen LogP contribution in [-0.4, -0.2) is 35.7 Å². The highest BCUT2D eigenvalue weighted by Gasteiger charge is 2.55. The van der Waals surface area contributed by atoms with Gasteiger partial charge in [-0.2, -0.15) is 0 Å². The molecule has 0 saturated heterocycles. The SMILES string of the molecule is O=C(C1C2CCCCC21)N(CCCl)CCCl. The van der Waals surface area contributed by atoms with Crippen LogP contribution in [0.4, 0.5) is 0 Å². The first-order valence-corrected chi connectivity index (χ1v) is 7.27. The van der Waals surface area contributed by atoms with Crippen molar-refractivity contribution < 1.29 is 4.79 Å². The Morgan fingerprint density at radius 1 is 1.06 bits per heavy atom. The molecule has 2 nitrogen and oxygen atoms in total. The summed E-state index contributed by atoms with van der Waals surface area (Å²) in [5.41, 5.74) is 0. The predicted molar refractivity (Wildman–Crippen MR) is 67.0 cm³/mol. The Morgan fingerprint density at radius 3 is 2.00 bits per heavy atom. The number of hydrogen-bond acceptors (Lipinski definition) is 1. The standard InChI is InChI=1S/C12H19Cl2NO/c13-5-7-15(8-6-14)12(16)11-9-3-1-2-4-10(9)11/h9-11H,1-8H2. The lowest BCUT2D eigenvalue weighted by Gasteiger charge is -2.20. The second-order valence-corrected chi connectivity index (χ2v) is 5.60. The third kappa shape index (κ3) is 2.48. The number of hydrogen-bond donors (Lipinski definition) is 0. The summed E-state index contributed by atoms with van der Waals surface area (Å²) >= 11 is 11.4. The molecule has 2 aliphatic carbocycles. The number of carbonyl (C=O) groups excluding carboxylic acids is 1. The van der Waals surface area contributed by atoms with Crippen LogP contribution in [0, 0.1) is 17.8 Å². The summed E-state index contributed by atoms with van der Waals surface area (Å²) in [5.74, 6) is 2.96. The van der Waals surface area contributed by atoms with Gasteiger partial charge in [0.2, 0.25) is 5.91 Å². The number of alkyl halides is 2. The number of fused-ring (bicyclic) bond motifs is 1. The molecular weight excluding hydrogens is 245 g/mol. The van der Waals surface area contributed by atoms with Gasteiger partial charge in [-0.05, 0) is 24.7 Å². The average molecular weight is 264 g/mol. The van der Waals surface area contributed by atoms with Crippen LogP contribution in [0.2, 0.25) is 0 Å². The van der Waals surface area contributed by atoms with Gasteiger partial charge >= 0.3 is 0 Å². The van der Waals surface area contributed by atoms with Gasteiger partial charge < -0.3 is 4.90 Å². The Morgan fingerprint density at radius 2 is 1.56 bits per heavy atom. The summed E-state index contributed by atoms with van der Waals surface area (Å²) in [6, 6.07) is 0. The number of rotatable bonds is 5. The monoisotopic (exact) mass is 263 g/mol. The minimum atomic E-state index is 0.300. The predicted octanol–water partition coefficient (Wildman–Crippen LogP) is 2.73. The molecule has 0 aliphatic heterocycles. The molecule has 0 N–H and O–H groups in total. The topological polar surface area (TPSA) is 20.3 Å². The Kier molecular flexibility index (Phi) is 4.37. The highest BCUT2D eigenvalue weighted by molar-refractivity contribution is 6.18. The second-order valence-electron chi connectivity index (χ2n) is 4.84. The Labute approximate surface area is 107 Å². The maximum Gasteiger partial charge on any atom is 0.226 e. The molecule has 16 heavy (non-hydrogen) atoms. The van der Waals surface area contributed by atoms with E-state index in [2.05, 4.69) is 0 Å². The van der Waals surface area contributed by atoms with Gasteiger partial charge in [0.1, 0.15) is 0 Å². The van der Waals surface area contributed by atoms with Crippen molar-refractivity contribution in [3.05, 3.63) is 0 Å². The van der Waals surface area contributed by atoms with Gasteiger partial charge in [0.15, 0.2) is 0 Å². The molecular formula is C12H19Cl2NO. The fourth-order valence-corrected chi connectivity index (χ4v) is 3.51. The molecule has 2 atom stereocenters. The summed E-state index contributed by atoms with van der Waals surface area (Å²) in [4.78, 5) is 14.1. The fourth-order valence-electron chi connectivity index (χ4n) is 3.11. The van der Waals surface area contributed by atoms with E-state index in [0.29, 0.717) is 48.5 Å². The maximum absolute atomic E-state index is 12.3. The molecule has 0 bridgehead atoms. The lowest BCUT2D eigenvalue weighted by molar-refractivity contribution is -0.132. The van der Waals surface area contributed by atoms with Gasteiger partial charge in [0.25, 0.3) is 0 Å². The van der Waals surface area contributed by atoms with E-state index in [9.17, 15) is 4.79 Å². The van der Waals surface area contributed by atoms with Gasteiger partial charge in [-0.1, -0.05) is 12.8 Å². The molecule has 0 radical (unpaired) electrons. The van der Waals surface area contributed by atoms with Crippen molar-refractivity contribution in [2.45, 2.75) is 25.7 Å². The highest BCUT2D eigenvalue weighted by Crippen LogP contribution is 2.56. The molecule has 0 aromatic carbocycles. The Hall–Kier alpha value is 0.0500. The summed E-state index contributed by atoms with van der Waals surface area (Å²) in [6.07, 6.45) is 5.10. The fraction of sp³-hybridized carbons (Fsp3) is 0.917. The van der Waals surface area contributed by atoms with Crippen molar-refractivity contribution in [3.63, 3.8) is 0 Å². The first-order valence-electron chi connectivity index (χ1n) is 6.20. The smallest absolute Gasteiger partial charge is 0.226 e. The van der Waals surface area contributed by atoms with Crippen molar-refractivity contribution in [2.24, 2.45) is 17.8 Å². The van der Waals surface area contributed by atoms with Crippen molar-refractivity contribution in [2.75, 3.05) is 24.8 Å². The van der Waals surface area contributed by atoms with Crippen LogP contribution >= 0.6 is 23.2 Å². The Bertz CT molecular complexity index is 237. The molecule has 2 saturated carbocycles. The zero-order valence-corrected chi connectivity index (χ0v) is 11.0. The molecule has 2 aliphatic rings. The normalized spacial score (nSPS) is 32.0. The van der Waals surface area contributed by atoms with Crippen molar-refractivity contribution in [1.29, 1.82) is 0 Å². The van der Waals surface area contributed by atoms with Gasteiger partial charge in [-0.3, -0.25) is 4.79 Å². The lowest BCUT2D eigenvalue weighted by Crippen LogP contribution is -2.36. The molecule has 4 heteroatoms. The molecule has 0 spiro atoms. The number of amides is 1. The molecule has 92 valence electrons. The van der Waals surface area contributed by atoms with Crippen molar-refractivity contribution in [3.8, 4) is 0 Å². The van der Waals surface area contributed by atoms with E-state index in [1.54, 1.807) is 0 Å². The largest absolute Gasteiger partial charge is 0.340 e. The molecule has 0 heterocycles. The van der Waals surface area contributed by atoms with E-state index in [4.69, 9.17) is 23.2 Å². The van der Waals surface area contributed by atoms with E-state index >= 15 is 0 Å². The first-order chi connectivity index (χ1) is 7.79. The van der Waals surface area contributed by atoms with Crippen LogP contribution in [0.5, 0.6) is 0 Å². The zero-order valence-electron chi connectivity index (χ0n) is 9.50. The Balaban J connectivity index is 1.90. The lowest BCUT2D eigenvalue weighted by atomic mass is 10.0. The van der Waals surface area contributed by atoms with E-state index in [1.807, 2.05) is 4.90 Å². The van der Waals surface area contributed by atoms with Crippen molar-refractivity contribution in [1.82, 2.24) is 4.90 Å². The van der Waals surface area contributed by atoms with Crippen molar-refractivity contribution >= 4 is 29.1 Å². The van der Waals surface area contributed by atoms with Crippen LogP contribution in [-0.2, 0) is 4.79 Å². The zero-order chi connectivity index (χ0) is 11.5. The quantitative estimate of drug-likeness (QED) is 0.699. The molecule has 0 aromatic heterocycles. The van der Waals surface area contributed by atoms with Gasteiger partial charge in [-0.15, -0.1) is 23.2 Å². The molecule has 2 fully saturated rings. The van der Waals surface area contributed by atoms with Gasteiger partial charge in [0.05, 0.1) is 0 Å². The van der Waals surface area contributed by atoms with Crippen LogP contribution in [0.3, 0.4) is 0 Å². The molecule has 2 rings (SSSR count). The van der Waals surface area contributed by atoms with E-state index in [1.165, 1.54) is 25.7 Å². The summed E-state index contributed by atoms with van der Waals surface area (Å²) < 4.78 is 0. The second kappa shape index (κ2) is 5.59. The minimum Gasteiger partial charge on any atom is -0.340 e. The van der Waals surface area contributed by atoms with E-state index in [-0.39, 0.29) is 0 Å². The minimum absolute atomic E-state index is 0.300. The van der Waals surface area contributed by atoms with E-state index in [0.717, 1.165) is 0 Å². The van der Waals surface area contributed by atoms with Crippen LogP contribution in [0.25, 0.3) is 0 Å². The number of nitrogens with zero attached hydrogens (tertiary/aromatic N) is 1. The molecule has 1 amide bonds. The van der Waals surface area contributed by atoms with Gasteiger partial charge in [-0.25, -0.2) is 0 Å². The highest BCUT2D eigenvalue weighted by atomic mass is 35.5. The van der Waals surface area contributed by atoms with E-state index < -0.39 is 0 Å². The molecule has 0 aromatic rings. The van der Waals surface area contributed by atoms with Crippen LogP contribution < -0.4 is 0 Å². The number of carbonyl (C=O) groups is 1. The third-order valence-corrected chi connectivity index (χ3v) is 4.30. The first kappa shape index (κ1) is 12.5. The summed E-state index contributed by atoms with van der Waals surface area (Å²) in [5, 5.41) is 0. The average Bonchev–Trinajstić information content (AvgIpc) is 3.02. The molecule has 2 unspecified atom stereocenters. The van der Waals surface area contributed by atoms with Crippen LogP contribution in [0.15, 0.2) is 0 Å². The summed E-state index contributed by atoms with van der Waals surface area (Å²) in [6.45, 7) is 1.28.